The molecule has 2 N–H and O–H groups in total. The van der Waals surface area contributed by atoms with Crippen LogP contribution in [0.2, 0.25) is 0 Å². The second-order valence-electron chi connectivity index (χ2n) is 6.80. The number of carbonyl (C=O) groups excluding carboxylic acids is 1. The second kappa shape index (κ2) is 8.38. The van der Waals surface area contributed by atoms with Crippen LogP contribution in [0.1, 0.15) is 25.8 Å². The van der Waals surface area contributed by atoms with Crippen molar-refractivity contribution < 1.29 is 14.3 Å². The van der Waals surface area contributed by atoms with Crippen LogP contribution in [0.25, 0.3) is 10.7 Å². The highest BCUT2D eigenvalue weighted by Crippen LogP contribution is 2.38. The topological polar surface area (TPSA) is 81.2 Å². The minimum absolute atomic E-state index is 0.128. The van der Waals surface area contributed by atoms with E-state index in [4.69, 9.17) is 21.7 Å². The van der Waals surface area contributed by atoms with E-state index in [1.807, 2.05) is 48.1 Å². The summed E-state index contributed by atoms with van der Waals surface area (Å²) in [5.74, 6) is 2.08. The lowest BCUT2D eigenvalue weighted by Gasteiger charge is -2.14. The first-order chi connectivity index (χ1) is 14.0. The number of fused-ring (bicyclic) bond motifs is 1. The Bertz CT molecular complexity index is 1070. The number of aromatic amines is 1. The first-order valence-electron chi connectivity index (χ1n) is 9.50. The average Bonchev–Trinajstić information content (AvgIpc) is 3.40. The van der Waals surface area contributed by atoms with Crippen molar-refractivity contribution in [1.29, 1.82) is 0 Å². The maximum atomic E-state index is 12.7. The van der Waals surface area contributed by atoms with Crippen LogP contribution in [-0.2, 0) is 17.8 Å². The van der Waals surface area contributed by atoms with Gasteiger partial charge in [-0.15, -0.1) is 11.3 Å². The van der Waals surface area contributed by atoms with E-state index in [1.54, 1.807) is 11.3 Å². The smallest absolute Gasteiger partial charge is 0.226 e. The molecular formula is C20H22N4O3S2. The molecule has 2 aromatic heterocycles. The second-order valence-corrected chi connectivity index (χ2v) is 8.14. The highest BCUT2D eigenvalue weighted by atomic mass is 32.1. The van der Waals surface area contributed by atoms with Gasteiger partial charge in [0.1, 0.15) is 17.6 Å². The van der Waals surface area contributed by atoms with Crippen LogP contribution in [-0.4, -0.2) is 33.4 Å². The van der Waals surface area contributed by atoms with Gasteiger partial charge in [-0.2, -0.15) is 5.10 Å². The molecule has 7 nitrogen and oxygen atoms in total. The Labute approximate surface area is 177 Å². The maximum Gasteiger partial charge on any atom is 0.226 e. The number of H-pyrrole nitrogens is 1. The number of carbonyl (C=O) groups is 1. The first kappa shape index (κ1) is 19.7. The molecule has 29 heavy (non-hydrogen) atoms. The van der Waals surface area contributed by atoms with E-state index < -0.39 is 0 Å². The van der Waals surface area contributed by atoms with E-state index in [-0.39, 0.29) is 18.4 Å². The molecule has 0 bridgehead atoms. The van der Waals surface area contributed by atoms with Gasteiger partial charge < -0.3 is 14.8 Å². The Kier molecular flexibility index (Phi) is 5.68. The van der Waals surface area contributed by atoms with Crippen molar-refractivity contribution >= 4 is 35.1 Å². The number of thiophene rings is 1. The van der Waals surface area contributed by atoms with Gasteiger partial charge in [-0.25, -0.2) is 0 Å². The quantitative estimate of drug-likeness (QED) is 0.542. The minimum Gasteiger partial charge on any atom is -0.492 e. The van der Waals surface area contributed by atoms with E-state index in [0.717, 1.165) is 28.4 Å². The van der Waals surface area contributed by atoms with Crippen molar-refractivity contribution in [2.75, 3.05) is 11.9 Å². The van der Waals surface area contributed by atoms with Gasteiger partial charge in [0.2, 0.25) is 5.91 Å². The molecule has 0 saturated heterocycles. The van der Waals surface area contributed by atoms with Gasteiger partial charge in [0.25, 0.3) is 0 Å². The lowest BCUT2D eigenvalue weighted by atomic mass is 10.1. The van der Waals surface area contributed by atoms with Crippen LogP contribution >= 0.6 is 23.6 Å². The maximum absolute atomic E-state index is 12.7. The van der Waals surface area contributed by atoms with Crippen LogP contribution in [0.4, 0.5) is 5.69 Å². The van der Waals surface area contributed by atoms with Crippen LogP contribution in [0.5, 0.6) is 11.5 Å². The highest BCUT2D eigenvalue weighted by Gasteiger charge is 2.22. The van der Waals surface area contributed by atoms with E-state index >= 15 is 0 Å². The molecule has 1 atom stereocenters. The van der Waals surface area contributed by atoms with E-state index in [0.29, 0.717) is 29.4 Å². The monoisotopic (exact) mass is 430 g/mol. The van der Waals surface area contributed by atoms with Crippen molar-refractivity contribution in [3.05, 3.63) is 40.0 Å². The molecule has 3 heterocycles. The van der Waals surface area contributed by atoms with Crippen molar-refractivity contribution in [1.82, 2.24) is 14.8 Å². The molecule has 152 valence electrons. The number of hydrogen-bond acceptors (Lipinski definition) is 6. The van der Waals surface area contributed by atoms with E-state index in [9.17, 15) is 4.79 Å². The number of rotatable bonds is 7. The van der Waals surface area contributed by atoms with Gasteiger partial charge in [0.05, 0.1) is 17.2 Å². The number of anilines is 1. The van der Waals surface area contributed by atoms with Crippen LogP contribution in [0.15, 0.2) is 29.6 Å². The molecule has 1 aliphatic heterocycles. The Morgan fingerprint density at radius 2 is 2.38 bits per heavy atom. The number of aromatic nitrogens is 3. The zero-order valence-electron chi connectivity index (χ0n) is 16.2. The Balaban J connectivity index is 1.48. The Morgan fingerprint density at radius 1 is 1.52 bits per heavy atom. The van der Waals surface area contributed by atoms with Gasteiger partial charge in [-0.1, -0.05) is 6.07 Å². The molecule has 1 aliphatic rings. The SMILES string of the molecule is CCOc1cc2c(cc1NC(=O)CCn1c(-c3cccs3)n[nH]c1=S)O[C@@H](C)C2. The fourth-order valence-corrected chi connectivity index (χ4v) is 4.30. The molecule has 1 amide bonds. The lowest BCUT2D eigenvalue weighted by Crippen LogP contribution is -2.16. The summed E-state index contributed by atoms with van der Waals surface area (Å²) >= 11 is 6.91. The molecule has 0 aliphatic carbocycles. The highest BCUT2D eigenvalue weighted by molar-refractivity contribution is 7.71. The van der Waals surface area contributed by atoms with Crippen LogP contribution in [0.3, 0.4) is 0 Å². The molecule has 3 aromatic rings. The van der Waals surface area contributed by atoms with Gasteiger partial charge in [0.15, 0.2) is 10.6 Å². The molecular weight excluding hydrogens is 408 g/mol. The van der Waals surface area contributed by atoms with Crippen LogP contribution in [0, 0.1) is 4.77 Å². The molecule has 0 fully saturated rings. The summed E-state index contributed by atoms with van der Waals surface area (Å²) in [6, 6.07) is 7.74. The van der Waals surface area contributed by atoms with Crippen LogP contribution < -0.4 is 14.8 Å². The first-order valence-corrected chi connectivity index (χ1v) is 10.8. The molecule has 0 unspecified atom stereocenters. The Morgan fingerprint density at radius 3 is 3.14 bits per heavy atom. The third-order valence-electron chi connectivity index (χ3n) is 4.63. The third kappa shape index (κ3) is 4.20. The summed E-state index contributed by atoms with van der Waals surface area (Å²) in [5, 5.41) is 12.0. The van der Waals surface area contributed by atoms with Gasteiger partial charge in [0, 0.05) is 31.0 Å². The van der Waals surface area contributed by atoms with Crippen molar-refractivity contribution in [3.8, 4) is 22.2 Å². The Hall–Kier alpha value is -2.65. The summed E-state index contributed by atoms with van der Waals surface area (Å²) in [7, 11) is 0. The van der Waals surface area contributed by atoms with Gasteiger partial charge in [-0.3, -0.25) is 14.5 Å². The molecule has 0 saturated carbocycles. The lowest BCUT2D eigenvalue weighted by molar-refractivity contribution is -0.116. The average molecular weight is 431 g/mol. The summed E-state index contributed by atoms with van der Waals surface area (Å²) in [6.45, 7) is 4.90. The largest absolute Gasteiger partial charge is 0.492 e. The third-order valence-corrected chi connectivity index (χ3v) is 5.81. The number of ether oxygens (including phenoxy) is 2. The fraction of sp³-hybridized carbons (Fsp3) is 0.350. The predicted octanol–water partition coefficient (Wildman–Crippen LogP) is 4.42. The molecule has 1 aromatic carbocycles. The van der Waals surface area contributed by atoms with Crippen molar-refractivity contribution in [2.45, 2.75) is 39.3 Å². The number of nitrogens with zero attached hydrogens (tertiary/aromatic N) is 2. The molecule has 0 spiro atoms. The van der Waals surface area contributed by atoms with E-state index in [1.165, 1.54) is 0 Å². The summed E-state index contributed by atoms with van der Waals surface area (Å²) in [6.07, 6.45) is 1.23. The van der Waals surface area contributed by atoms with Gasteiger partial charge >= 0.3 is 0 Å². The standard InChI is InChI=1S/C20H22N4O3S2/c1-3-26-16-10-13-9-12(2)27-15(13)11-14(16)21-18(25)6-7-24-19(22-23-20(24)28)17-5-4-8-29-17/h4-5,8,10-12H,3,6-7,9H2,1-2H3,(H,21,25)(H,23,28)/t12-/m0/s1. The summed E-state index contributed by atoms with van der Waals surface area (Å²) in [4.78, 5) is 13.7. The normalized spacial score (nSPS) is 15.0. The number of amides is 1. The fourth-order valence-electron chi connectivity index (χ4n) is 3.36. The minimum atomic E-state index is -0.128. The molecule has 4 rings (SSSR count). The van der Waals surface area contributed by atoms with Crippen molar-refractivity contribution in [3.63, 3.8) is 0 Å². The predicted molar refractivity (Wildman–Crippen MR) is 115 cm³/mol. The van der Waals surface area contributed by atoms with Gasteiger partial charge in [-0.05, 0) is 43.6 Å². The molecule has 0 radical (unpaired) electrons. The number of hydrogen-bond donors (Lipinski definition) is 2. The summed E-state index contributed by atoms with van der Waals surface area (Å²) in [5.41, 5.74) is 1.73. The zero-order valence-corrected chi connectivity index (χ0v) is 17.9. The number of benzene rings is 1. The van der Waals surface area contributed by atoms with E-state index in [2.05, 4.69) is 15.5 Å². The molecule has 9 heteroatoms. The number of nitrogens with one attached hydrogen (secondary N) is 2. The zero-order chi connectivity index (χ0) is 20.4. The summed E-state index contributed by atoms with van der Waals surface area (Å²) < 4.78 is 13.9. The van der Waals surface area contributed by atoms with Crippen molar-refractivity contribution in [2.24, 2.45) is 0 Å².